The van der Waals surface area contributed by atoms with E-state index in [-0.39, 0.29) is 11.0 Å². The van der Waals surface area contributed by atoms with Gasteiger partial charge in [-0.2, -0.15) is 0 Å². The van der Waals surface area contributed by atoms with E-state index >= 15 is 0 Å². The summed E-state index contributed by atoms with van der Waals surface area (Å²) in [6.45, 7) is 8.27. The average Bonchev–Trinajstić information content (AvgIpc) is 2.88. The number of nitrogens with zero attached hydrogens (tertiary/aromatic N) is 2. The van der Waals surface area contributed by atoms with Gasteiger partial charge >= 0.3 is 0 Å². The molecule has 0 aliphatic heterocycles. The maximum absolute atomic E-state index is 12.8. The third-order valence-corrected chi connectivity index (χ3v) is 5.66. The maximum atomic E-state index is 12.8. The number of amides is 1. The largest absolute Gasteiger partial charge is 0.346 e. The quantitative estimate of drug-likeness (QED) is 0.741. The van der Waals surface area contributed by atoms with Gasteiger partial charge in [0.2, 0.25) is 5.43 Å². The smallest absolute Gasteiger partial charge is 0.262 e. The fourth-order valence-corrected chi connectivity index (χ4v) is 3.72. The van der Waals surface area contributed by atoms with Crippen molar-refractivity contribution in [3.63, 3.8) is 0 Å². The predicted octanol–water partition coefficient (Wildman–Crippen LogP) is 4.31. The third kappa shape index (κ3) is 3.07. The van der Waals surface area contributed by atoms with Crippen molar-refractivity contribution in [2.45, 2.75) is 34.2 Å². The summed E-state index contributed by atoms with van der Waals surface area (Å²) >= 11 is 7.59. The van der Waals surface area contributed by atoms with Crippen molar-refractivity contribution in [3.05, 3.63) is 55.3 Å². The van der Waals surface area contributed by atoms with Crippen molar-refractivity contribution in [1.29, 1.82) is 0 Å². The number of carbonyl (C=O) groups excluding carboxylic acids is 1. The monoisotopic (exact) mass is 375 g/mol. The number of halogens is 1. The molecule has 0 aliphatic carbocycles. The number of anilines is 1. The molecule has 0 saturated carbocycles. The number of pyridine rings is 1. The number of aromatic nitrogens is 2. The summed E-state index contributed by atoms with van der Waals surface area (Å²) in [5.41, 5.74) is 2.26. The van der Waals surface area contributed by atoms with Gasteiger partial charge in [-0.1, -0.05) is 11.6 Å². The van der Waals surface area contributed by atoms with E-state index in [4.69, 9.17) is 11.6 Å². The average molecular weight is 376 g/mol. The predicted molar refractivity (Wildman–Crippen MR) is 103 cm³/mol. The van der Waals surface area contributed by atoms with E-state index in [0.717, 1.165) is 21.7 Å². The molecule has 0 aliphatic rings. The van der Waals surface area contributed by atoms with Gasteiger partial charge in [0.1, 0.15) is 5.56 Å². The van der Waals surface area contributed by atoms with E-state index in [1.165, 1.54) is 11.3 Å². The second-order valence-corrected chi connectivity index (χ2v) is 7.45. The molecule has 1 aromatic carbocycles. The van der Waals surface area contributed by atoms with E-state index in [2.05, 4.69) is 10.3 Å². The highest BCUT2D eigenvalue weighted by Gasteiger charge is 2.18. The molecule has 7 heteroatoms. The number of rotatable bonds is 3. The number of benzene rings is 1. The molecule has 0 unspecified atom stereocenters. The summed E-state index contributed by atoms with van der Waals surface area (Å²) in [5.74, 6) is -0.449. The fourth-order valence-electron chi connectivity index (χ4n) is 2.75. The molecule has 0 spiro atoms. The molecular formula is C18H18ClN3O2S. The van der Waals surface area contributed by atoms with Crippen LogP contribution in [0.2, 0.25) is 5.02 Å². The van der Waals surface area contributed by atoms with E-state index in [9.17, 15) is 9.59 Å². The molecule has 3 aromatic rings. The van der Waals surface area contributed by atoms with Gasteiger partial charge in [0.15, 0.2) is 5.13 Å². The van der Waals surface area contributed by atoms with E-state index in [1.807, 2.05) is 32.3 Å². The molecule has 2 heterocycles. The highest BCUT2D eigenvalue weighted by Crippen LogP contribution is 2.25. The summed E-state index contributed by atoms with van der Waals surface area (Å²) in [7, 11) is 0. The topological polar surface area (TPSA) is 64.0 Å². The minimum Gasteiger partial charge on any atom is -0.346 e. The Morgan fingerprint density at radius 2 is 2.04 bits per heavy atom. The summed E-state index contributed by atoms with van der Waals surface area (Å²) < 4.78 is 1.88. The fraction of sp³-hybridized carbons (Fsp3) is 0.278. The van der Waals surface area contributed by atoms with Gasteiger partial charge in [0.05, 0.1) is 11.2 Å². The Morgan fingerprint density at radius 3 is 2.64 bits per heavy atom. The molecule has 0 fully saturated rings. The van der Waals surface area contributed by atoms with Crippen LogP contribution in [0, 0.1) is 20.8 Å². The van der Waals surface area contributed by atoms with Crippen LogP contribution in [0.1, 0.15) is 33.4 Å². The molecule has 0 bridgehead atoms. The minimum absolute atomic E-state index is 0.0987. The Bertz CT molecular complexity index is 1030. The number of fused-ring (bicyclic) bond motifs is 1. The van der Waals surface area contributed by atoms with Gasteiger partial charge in [-0.25, -0.2) is 4.98 Å². The molecule has 5 nitrogen and oxygen atoms in total. The lowest BCUT2D eigenvalue weighted by Crippen LogP contribution is -2.24. The lowest BCUT2D eigenvalue weighted by Gasteiger charge is -2.14. The standard InChI is InChI=1S/C18H18ClN3O2S/c1-5-22-8-13(17(24)21-18-20-10(3)11(4)25-18)16(23)12-6-7-14(19)9(2)15(12)22/h6-8H,5H2,1-4H3,(H,20,21,24). The first kappa shape index (κ1) is 17.6. The molecule has 0 atom stereocenters. The van der Waals surface area contributed by atoms with Crippen LogP contribution in [0.25, 0.3) is 10.9 Å². The highest BCUT2D eigenvalue weighted by atomic mass is 35.5. The summed E-state index contributed by atoms with van der Waals surface area (Å²) in [5, 5.41) is 4.31. The van der Waals surface area contributed by atoms with Crippen LogP contribution in [0.3, 0.4) is 0 Å². The molecule has 2 aromatic heterocycles. The minimum atomic E-state index is -0.449. The molecule has 1 N–H and O–H groups in total. The van der Waals surface area contributed by atoms with Gasteiger partial charge < -0.3 is 4.57 Å². The zero-order valence-corrected chi connectivity index (χ0v) is 16.0. The van der Waals surface area contributed by atoms with Crippen molar-refractivity contribution >= 4 is 44.9 Å². The van der Waals surface area contributed by atoms with Gasteiger partial charge in [-0.3, -0.25) is 14.9 Å². The van der Waals surface area contributed by atoms with Crippen LogP contribution < -0.4 is 10.7 Å². The SMILES string of the molecule is CCn1cc(C(=O)Nc2nc(C)c(C)s2)c(=O)c2ccc(Cl)c(C)c21. The number of hydrogen-bond donors (Lipinski definition) is 1. The van der Waals surface area contributed by atoms with Crippen molar-refractivity contribution in [3.8, 4) is 0 Å². The zero-order valence-electron chi connectivity index (χ0n) is 14.4. The highest BCUT2D eigenvalue weighted by molar-refractivity contribution is 7.15. The van der Waals surface area contributed by atoms with Gasteiger partial charge in [0.25, 0.3) is 5.91 Å². The number of nitrogens with one attached hydrogen (secondary N) is 1. The first-order valence-corrected chi connectivity index (χ1v) is 9.10. The maximum Gasteiger partial charge on any atom is 0.262 e. The Hall–Kier alpha value is -2.18. The van der Waals surface area contributed by atoms with Gasteiger partial charge in [-0.15, -0.1) is 11.3 Å². The summed E-state index contributed by atoms with van der Waals surface area (Å²) in [6.07, 6.45) is 1.59. The van der Waals surface area contributed by atoms with Crippen molar-refractivity contribution in [1.82, 2.24) is 9.55 Å². The Balaban J connectivity index is 2.13. The number of carbonyl (C=O) groups is 1. The first-order chi connectivity index (χ1) is 11.8. The number of aryl methyl sites for hydroxylation is 4. The van der Waals surface area contributed by atoms with Crippen LogP contribution in [-0.4, -0.2) is 15.5 Å². The van der Waals surface area contributed by atoms with Gasteiger partial charge in [0, 0.05) is 28.0 Å². The van der Waals surface area contributed by atoms with E-state index in [0.29, 0.717) is 22.1 Å². The van der Waals surface area contributed by atoms with Gasteiger partial charge in [-0.05, 0) is 45.4 Å². The third-order valence-electron chi connectivity index (χ3n) is 4.26. The Labute approximate surface area is 154 Å². The Kier molecular flexibility index (Phi) is 4.67. The number of thiazole rings is 1. The van der Waals surface area contributed by atoms with Crippen molar-refractivity contribution < 1.29 is 4.79 Å². The lowest BCUT2D eigenvalue weighted by atomic mass is 10.1. The van der Waals surface area contributed by atoms with Crippen LogP contribution in [0.4, 0.5) is 5.13 Å². The Morgan fingerprint density at radius 1 is 1.32 bits per heavy atom. The molecule has 0 saturated heterocycles. The van der Waals surface area contributed by atoms with Crippen molar-refractivity contribution in [2.24, 2.45) is 0 Å². The summed E-state index contributed by atoms with van der Waals surface area (Å²) in [6, 6.07) is 3.36. The second-order valence-electron chi connectivity index (χ2n) is 5.84. The zero-order chi connectivity index (χ0) is 18.3. The second kappa shape index (κ2) is 6.61. The molecule has 0 radical (unpaired) electrons. The molecular weight excluding hydrogens is 358 g/mol. The van der Waals surface area contributed by atoms with Crippen LogP contribution in [0.15, 0.2) is 23.1 Å². The number of hydrogen-bond acceptors (Lipinski definition) is 4. The molecule has 25 heavy (non-hydrogen) atoms. The van der Waals surface area contributed by atoms with Crippen LogP contribution in [-0.2, 0) is 6.54 Å². The normalized spacial score (nSPS) is 11.1. The van der Waals surface area contributed by atoms with Crippen LogP contribution >= 0.6 is 22.9 Å². The molecule has 130 valence electrons. The lowest BCUT2D eigenvalue weighted by molar-refractivity contribution is 0.102. The molecule has 1 amide bonds. The van der Waals surface area contributed by atoms with E-state index < -0.39 is 5.91 Å². The van der Waals surface area contributed by atoms with Crippen molar-refractivity contribution in [2.75, 3.05) is 5.32 Å². The molecule has 3 rings (SSSR count). The van der Waals surface area contributed by atoms with E-state index in [1.54, 1.807) is 18.3 Å². The van der Waals surface area contributed by atoms with Crippen LogP contribution in [0.5, 0.6) is 0 Å². The first-order valence-electron chi connectivity index (χ1n) is 7.91. The summed E-state index contributed by atoms with van der Waals surface area (Å²) in [4.78, 5) is 30.8.